The summed E-state index contributed by atoms with van der Waals surface area (Å²) >= 11 is 0. The van der Waals surface area contributed by atoms with Crippen LogP contribution in [0.5, 0.6) is 5.75 Å². The molecule has 4 rings (SSSR count). The van der Waals surface area contributed by atoms with Gasteiger partial charge in [-0.25, -0.2) is 13.8 Å². The van der Waals surface area contributed by atoms with Crippen molar-refractivity contribution in [2.75, 3.05) is 6.61 Å². The molecule has 1 atom stereocenters. The number of hydrogen-bond donors (Lipinski definition) is 3. The molecular weight excluding hydrogens is 456 g/mol. The normalized spacial score (nSPS) is 11.5. The van der Waals surface area contributed by atoms with Crippen LogP contribution in [-0.4, -0.2) is 38.2 Å². The number of amides is 1. The molecule has 0 aliphatic rings. The fourth-order valence-electron chi connectivity index (χ4n) is 3.28. The zero-order valence-electron chi connectivity index (χ0n) is 19.4. The maximum Gasteiger partial charge on any atom is 0.270 e. The SMILES string of the molecule is Cc1nc2c(OCc3c(F)cccc3F)cccn2c1C(=O)NC(C)CO.OCc1ccccc1. The van der Waals surface area contributed by atoms with Crippen molar-refractivity contribution in [3.63, 3.8) is 0 Å². The molecule has 1 unspecified atom stereocenters. The van der Waals surface area contributed by atoms with Crippen LogP contribution in [0.1, 0.15) is 34.2 Å². The van der Waals surface area contributed by atoms with E-state index in [1.54, 1.807) is 36.6 Å². The predicted octanol–water partition coefficient (Wildman–Crippen LogP) is 3.79. The highest BCUT2D eigenvalue weighted by Crippen LogP contribution is 2.24. The fraction of sp³-hybridized carbons (Fsp3) is 0.231. The van der Waals surface area contributed by atoms with Gasteiger partial charge in [0.15, 0.2) is 11.4 Å². The van der Waals surface area contributed by atoms with E-state index in [9.17, 15) is 13.6 Å². The van der Waals surface area contributed by atoms with Gasteiger partial charge in [-0.1, -0.05) is 36.4 Å². The van der Waals surface area contributed by atoms with Crippen LogP contribution in [-0.2, 0) is 13.2 Å². The average Bonchev–Trinajstić information content (AvgIpc) is 3.21. The topological polar surface area (TPSA) is 96.1 Å². The molecule has 184 valence electrons. The summed E-state index contributed by atoms with van der Waals surface area (Å²) in [5, 5.41) is 20.3. The quantitative estimate of drug-likeness (QED) is 0.372. The number of carbonyl (C=O) groups excluding carboxylic acids is 1. The summed E-state index contributed by atoms with van der Waals surface area (Å²) in [5.74, 6) is -1.49. The van der Waals surface area contributed by atoms with E-state index in [0.717, 1.165) is 17.7 Å². The lowest BCUT2D eigenvalue weighted by molar-refractivity contribution is 0.0915. The van der Waals surface area contributed by atoms with E-state index < -0.39 is 17.7 Å². The molecule has 2 heterocycles. The number of benzene rings is 2. The van der Waals surface area contributed by atoms with Crippen LogP contribution in [0.4, 0.5) is 8.78 Å². The van der Waals surface area contributed by atoms with E-state index in [4.69, 9.17) is 14.9 Å². The van der Waals surface area contributed by atoms with Crippen LogP contribution >= 0.6 is 0 Å². The monoisotopic (exact) mass is 483 g/mol. The Morgan fingerprint density at radius 3 is 2.34 bits per heavy atom. The van der Waals surface area contributed by atoms with Crippen LogP contribution in [0.3, 0.4) is 0 Å². The number of imidazole rings is 1. The highest BCUT2D eigenvalue weighted by atomic mass is 19.1. The van der Waals surface area contributed by atoms with Crippen molar-refractivity contribution in [2.24, 2.45) is 0 Å². The molecule has 0 aliphatic heterocycles. The lowest BCUT2D eigenvalue weighted by atomic mass is 10.2. The Morgan fingerprint density at radius 2 is 1.74 bits per heavy atom. The summed E-state index contributed by atoms with van der Waals surface area (Å²) < 4.78 is 34.7. The van der Waals surface area contributed by atoms with E-state index in [1.807, 2.05) is 30.3 Å². The molecule has 0 radical (unpaired) electrons. The van der Waals surface area contributed by atoms with Crippen LogP contribution < -0.4 is 10.1 Å². The number of halogens is 2. The summed E-state index contributed by atoms with van der Waals surface area (Å²) in [5.41, 5.74) is 1.90. The highest BCUT2D eigenvalue weighted by Gasteiger charge is 2.20. The van der Waals surface area contributed by atoms with Gasteiger partial charge in [-0.2, -0.15) is 0 Å². The van der Waals surface area contributed by atoms with E-state index in [0.29, 0.717) is 17.0 Å². The number of nitrogens with zero attached hydrogens (tertiary/aromatic N) is 2. The first-order valence-electron chi connectivity index (χ1n) is 11.0. The summed E-state index contributed by atoms with van der Waals surface area (Å²) in [6, 6.07) is 16.0. The number of fused-ring (bicyclic) bond motifs is 1. The second kappa shape index (κ2) is 12.0. The van der Waals surface area contributed by atoms with Crippen LogP contribution in [0.25, 0.3) is 5.65 Å². The standard InChI is InChI=1S/C19H19F2N3O3.C7H8O/c1-11(9-25)22-19(26)17-12(2)23-18-16(7-4-8-24(17)18)27-10-13-14(20)5-3-6-15(13)21;8-6-7-4-2-1-3-5-7/h3-8,11,25H,9-10H2,1-2H3,(H,22,26);1-5,8H,6H2. The lowest BCUT2D eigenvalue weighted by Crippen LogP contribution is -2.36. The number of aliphatic hydroxyl groups excluding tert-OH is 2. The maximum absolute atomic E-state index is 13.8. The molecule has 2 aromatic carbocycles. The second-order valence-electron chi connectivity index (χ2n) is 7.80. The van der Waals surface area contributed by atoms with Crippen molar-refractivity contribution < 1.29 is 28.5 Å². The van der Waals surface area contributed by atoms with Crippen molar-refractivity contribution in [2.45, 2.75) is 33.1 Å². The van der Waals surface area contributed by atoms with E-state index in [1.165, 1.54) is 6.07 Å². The number of carbonyl (C=O) groups is 1. The molecule has 0 saturated heterocycles. The average molecular weight is 484 g/mol. The molecule has 3 N–H and O–H groups in total. The zero-order chi connectivity index (χ0) is 25.4. The third kappa shape index (κ3) is 6.40. The van der Waals surface area contributed by atoms with Crippen molar-refractivity contribution in [1.29, 1.82) is 0 Å². The minimum atomic E-state index is -0.695. The minimum Gasteiger partial charge on any atom is -0.485 e. The first-order chi connectivity index (χ1) is 16.8. The molecule has 0 saturated carbocycles. The third-order valence-electron chi connectivity index (χ3n) is 5.11. The van der Waals surface area contributed by atoms with Crippen molar-refractivity contribution >= 4 is 11.6 Å². The van der Waals surface area contributed by atoms with E-state index in [2.05, 4.69) is 10.3 Å². The molecule has 0 fully saturated rings. The van der Waals surface area contributed by atoms with Crippen LogP contribution in [0.2, 0.25) is 0 Å². The third-order valence-corrected chi connectivity index (χ3v) is 5.11. The molecular formula is C26H27F2N3O4. The molecule has 0 aliphatic carbocycles. The highest BCUT2D eigenvalue weighted by molar-refractivity contribution is 5.95. The first-order valence-corrected chi connectivity index (χ1v) is 11.0. The minimum absolute atomic E-state index is 0.140. The van der Waals surface area contributed by atoms with Gasteiger partial charge in [-0.15, -0.1) is 0 Å². The van der Waals surface area contributed by atoms with Gasteiger partial charge in [-0.05, 0) is 43.7 Å². The summed E-state index contributed by atoms with van der Waals surface area (Å²) in [6.07, 6.45) is 1.64. The van der Waals surface area contributed by atoms with Crippen LogP contribution in [0, 0.1) is 18.6 Å². The fourth-order valence-corrected chi connectivity index (χ4v) is 3.28. The van der Waals surface area contributed by atoms with Gasteiger partial charge < -0.3 is 20.3 Å². The Kier molecular flexibility index (Phi) is 8.88. The number of aromatic nitrogens is 2. The van der Waals surface area contributed by atoms with E-state index >= 15 is 0 Å². The van der Waals surface area contributed by atoms with Crippen LogP contribution in [0.15, 0.2) is 66.9 Å². The van der Waals surface area contributed by atoms with Gasteiger partial charge in [0.05, 0.1) is 24.5 Å². The number of aliphatic hydroxyl groups is 2. The number of nitrogens with one attached hydrogen (secondary N) is 1. The first kappa shape index (κ1) is 25.8. The second-order valence-corrected chi connectivity index (χ2v) is 7.80. The van der Waals surface area contributed by atoms with Crippen molar-refractivity contribution in [3.8, 4) is 5.75 Å². The smallest absolute Gasteiger partial charge is 0.270 e. The van der Waals surface area contributed by atoms with Crippen molar-refractivity contribution in [3.05, 3.63) is 101 Å². The number of ether oxygens (including phenoxy) is 1. The van der Waals surface area contributed by atoms with Gasteiger partial charge in [0.1, 0.15) is 23.9 Å². The number of aryl methyl sites for hydroxylation is 1. The van der Waals surface area contributed by atoms with Gasteiger partial charge in [-0.3, -0.25) is 9.20 Å². The van der Waals surface area contributed by atoms with Gasteiger partial charge in [0, 0.05) is 12.2 Å². The Balaban J connectivity index is 0.000000363. The van der Waals surface area contributed by atoms with E-state index in [-0.39, 0.29) is 37.0 Å². The van der Waals surface area contributed by atoms with Crippen molar-refractivity contribution in [1.82, 2.24) is 14.7 Å². The molecule has 4 aromatic rings. The Bertz CT molecular complexity index is 1260. The van der Waals surface area contributed by atoms with Gasteiger partial charge in [0.25, 0.3) is 5.91 Å². The molecule has 1 amide bonds. The number of hydrogen-bond acceptors (Lipinski definition) is 5. The van der Waals surface area contributed by atoms with Gasteiger partial charge in [0.2, 0.25) is 0 Å². The lowest BCUT2D eigenvalue weighted by Gasteiger charge is -2.12. The largest absolute Gasteiger partial charge is 0.485 e. The molecule has 9 heteroatoms. The zero-order valence-corrected chi connectivity index (χ0v) is 19.4. The Hall–Kier alpha value is -3.82. The number of pyridine rings is 1. The molecule has 0 spiro atoms. The summed E-state index contributed by atoms with van der Waals surface area (Å²) in [6.45, 7) is 2.98. The Morgan fingerprint density at radius 1 is 1.06 bits per heavy atom. The number of rotatable bonds is 7. The summed E-state index contributed by atoms with van der Waals surface area (Å²) in [4.78, 5) is 16.8. The molecule has 0 bridgehead atoms. The Labute approximate surface area is 201 Å². The molecule has 2 aromatic heterocycles. The van der Waals surface area contributed by atoms with Gasteiger partial charge >= 0.3 is 0 Å². The molecule has 35 heavy (non-hydrogen) atoms. The molecule has 7 nitrogen and oxygen atoms in total. The predicted molar refractivity (Wildman–Crippen MR) is 127 cm³/mol. The summed E-state index contributed by atoms with van der Waals surface area (Å²) in [7, 11) is 0. The maximum atomic E-state index is 13.8.